The number of piperidine rings is 1. The van der Waals surface area contributed by atoms with Crippen LogP contribution in [0.25, 0.3) is 0 Å². The molecule has 112 valence electrons. The molecule has 1 aromatic carbocycles. The van der Waals surface area contributed by atoms with Crippen LogP contribution >= 0.6 is 0 Å². The Morgan fingerprint density at radius 1 is 1.20 bits per heavy atom. The van der Waals surface area contributed by atoms with Gasteiger partial charge in [-0.05, 0) is 37.1 Å². The van der Waals surface area contributed by atoms with Crippen molar-refractivity contribution in [3.63, 3.8) is 0 Å². The smallest absolute Gasteiger partial charge is 0.122 e. The third-order valence-corrected chi connectivity index (χ3v) is 4.86. The van der Waals surface area contributed by atoms with Crippen LogP contribution in [-0.2, 0) is 6.54 Å². The normalized spacial score (nSPS) is 24.4. The van der Waals surface area contributed by atoms with Gasteiger partial charge >= 0.3 is 0 Å². The highest BCUT2D eigenvalue weighted by molar-refractivity contribution is 5.41. The fraction of sp³-hybridized carbons (Fsp3) is 0.647. The van der Waals surface area contributed by atoms with Gasteiger partial charge in [0.15, 0.2) is 0 Å². The number of methoxy groups -OCH3 is 1. The summed E-state index contributed by atoms with van der Waals surface area (Å²) in [6.07, 6.45) is 2.71. The van der Waals surface area contributed by atoms with Crippen molar-refractivity contribution < 1.29 is 14.5 Å². The van der Waals surface area contributed by atoms with Gasteiger partial charge in [-0.25, -0.2) is 0 Å². The van der Waals surface area contributed by atoms with E-state index in [1.165, 1.54) is 42.6 Å². The van der Waals surface area contributed by atoms with Gasteiger partial charge in [-0.15, -0.1) is 0 Å². The summed E-state index contributed by atoms with van der Waals surface area (Å²) in [7, 11) is 6.41. The molecule has 1 heterocycles. The van der Waals surface area contributed by atoms with Crippen LogP contribution in [0.5, 0.6) is 5.75 Å². The Morgan fingerprint density at radius 2 is 1.85 bits per heavy atom. The van der Waals surface area contributed by atoms with Crippen LogP contribution < -0.4 is 14.5 Å². The Kier molecular flexibility index (Phi) is 5.06. The summed E-state index contributed by atoms with van der Waals surface area (Å²) in [5.41, 5.74) is 4.06. The van der Waals surface area contributed by atoms with Gasteiger partial charge in [-0.2, -0.15) is 0 Å². The van der Waals surface area contributed by atoms with Gasteiger partial charge in [0.05, 0.1) is 40.3 Å². The van der Waals surface area contributed by atoms with Gasteiger partial charge < -0.3 is 14.5 Å². The second kappa shape index (κ2) is 6.59. The van der Waals surface area contributed by atoms with Gasteiger partial charge in [-0.1, -0.05) is 0 Å². The summed E-state index contributed by atoms with van der Waals surface area (Å²) in [5, 5.41) is 0. The van der Waals surface area contributed by atoms with Gasteiger partial charge in [0.2, 0.25) is 0 Å². The molecule has 2 rings (SSSR count). The molecule has 0 bridgehead atoms. The maximum absolute atomic E-state index is 5.40. The van der Waals surface area contributed by atoms with Crippen molar-refractivity contribution in [2.45, 2.75) is 39.3 Å². The van der Waals surface area contributed by atoms with E-state index in [1.54, 1.807) is 16.9 Å². The molecule has 0 aromatic heterocycles. The third-order valence-electron chi connectivity index (χ3n) is 4.86. The highest BCUT2D eigenvalue weighted by atomic mass is 16.5. The number of hydrogen-bond donors (Lipinski definition) is 2. The van der Waals surface area contributed by atoms with Crippen molar-refractivity contribution in [3.8, 4) is 5.75 Å². The molecule has 0 aliphatic carbocycles. The first-order valence-corrected chi connectivity index (χ1v) is 7.79. The van der Waals surface area contributed by atoms with Crippen molar-refractivity contribution in [2.24, 2.45) is 0 Å². The number of ether oxygens (including phenoxy) is 1. The minimum Gasteiger partial charge on any atom is -0.496 e. The van der Waals surface area contributed by atoms with Crippen LogP contribution in [-0.4, -0.2) is 40.3 Å². The van der Waals surface area contributed by atoms with Crippen molar-refractivity contribution >= 4 is 0 Å². The molecule has 1 unspecified atom stereocenters. The van der Waals surface area contributed by atoms with E-state index in [-0.39, 0.29) is 0 Å². The highest BCUT2D eigenvalue weighted by Gasteiger charge is 2.26. The summed E-state index contributed by atoms with van der Waals surface area (Å²) in [4.78, 5) is 3.34. The van der Waals surface area contributed by atoms with Gasteiger partial charge in [0.25, 0.3) is 0 Å². The first-order valence-electron chi connectivity index (χ1n) is 7.79. The minimum absolute atomic E-state index is 0.820. The molecule has 0 saturated carbocycles. The Bertz CT molecular complexity index is 451. The molecular weight excluding hydrogens is 248 g/mol. The predicted octanol–water partition coefficient (Wildman–Crippen LogP) is 0.00384. The molecule has 3 heteroatoms. The van der Waals surface area contributed by atoms with E-state index in [4.69, 9.17) is 4.74 Å². The molecule has 1 atom stereocenters. The van der Waals surface area contributed by atoms with Crippen LogP contribution in [0.4, 0.5) is 0 Å². The summed E-state index contributed by atoms with van der Waals surface area (Å²) in [5.74, 6) is 1.01. The summed E-state index contributed by atoms with van der Waals surface area (Å²) in [6.45, 7) is 8.10. The first kappa shape index (κ1) is 15.3. The van der Waals surface area contributed by atoms with Crippen LogP contribution in [0.2, 0.25) is 0 Å². The van der Waals surface area contributed by atoms with Crippen LogP contribution in [0.3, 0.4) is 0 Å². The molecule has 1 fully saturated rings. The molecule has 1 aliphatic rings. The Hall–Kier alpha value is -1.06. The van der Waals surface area contributed by atoms with E-state index in [1.807, 2.05) is 0 Å². The predicted molar refractivity (Wildman–Crippen MR) is 82.7 cm³/mol. The van der Waals surface area contributed by atoms with E-state index in [0.29, 0.717) is 0 Å². The highest BCUT2D eigenvalue weighted by Crippen LogP contribution is 2.22. The van der Waals surface area contributed by atoms with Gasteiger partial charge in [0, 0.05) is 18.4 Å². The van der Waals surface area contributed by atoms with E-state index in [0.717, 1.165) is 18.3 Å². The molecule has 1 aliphatic heterocycles. The molecule has 20 heavy (non-hydrogen) atoms. The van der Waals surface area contributed by atoms with Crippen molar-refractivity contribution in [1.82, 2.24) is 0 Å². The Morgan fingerprint density at radius 3 is 2.45 bits per heavy atom. The lowest BCUT2D eigenvalue weighted by atomic mass is 10.0. The SMILES string of the molecule is COc1cc(C)c(C[NH+](C)C2CC[NH+](C)CC2)cc1C. The number of aryl methyl sites for hydroxylation is 2. The average Bonchev–Trinajstić information content (AvgIpc) is 2.43. The molecular formula is C17H30N2O+2. The summed E-state index contributed by atoms with van der Waals surface area (Å²) < 4.78 is 5.40. The number of likely N-dealkylation sites (tertiary alicyclic amines) is 1. The molecule has 2 N–H and O–H groups in total. The largest absolute Gasteiger partial charge is 0.496 e. The van der Waals surface area contributed by atoms with Crippen molar-refractivity contribution in [2.75, 3.05) is 34.3 Å². The maximum atomic E-state index is 5.40. The molecule has 1 saturated heterocycles. The molecule has 0 amide bonds. The second-order valence-electron chi connectivity index (χ2n) is 6.50. The minimum atomic E-state index is 0.820. The molecule has 0 radical (unpaired) electrons. The zero-order valence-electron chi connectivity index (χ0n) is 13.7. The number of nitrogens with one attached hydrogen (secondary N) is 2. The standard InChI is InChI=1S/C17H28N2O/c1-13-11-17(20-5)14(2)10-15(13)12-19(4)16-6-8-18(3)9-7-16/h10-11,16H,6-9,12H2,1-5H3/p+2. The van der Waals surface area contributed by atoms with Crippen LogP contribution in [0.1, 0.15) is 29.5 Å². The maximum Gasteiger partial charge on any atom is 0.122 e. The zero-order chi connectivity index (χ0) is 14.7. The average molecular weight is 278 g/mol. The van der Waals surface area contributed by atoms with Crippen molar-refractivity contribution in [1.29, 1.82) is 0 Å². The third kappa shape index (κ3) is 3.53. The fourth-order valence-corrected chi connectivity index (χ4v) is 3.31. The Labute approximate surface area is 123 Å². The zero-order valence-corrected chi connectivity index (χ0v) is 13.7. The summed E-state index contributed by atoms with van der Waals surface area (Å²) in [6, 6.07) is 5.30. The number of rotatable bonds is 4. The number of benzene rings is 1. The topological polar surface area (TPSA) is 18.1 Å². The van der Waals surface area contributed by atoms with Crippen LogP contribution in [0.15, 0.2) is 12.1 Å². The monoisotopic (exact) mass is 278 g/mol. The lowest BCUT2D eigenvalue weighted by Crippen LogP contribution is -3.17. The van der Waals surface area contributed by atoms with Gasteiger partial charge in [-0.3, -0.25) is 0 Å². The molecule has 0 spiro atoms. The number of quaternary nitrogens is 2. The molecule has 1 aromatic rings. The Balaban J connectivity index is 2.04. The quantitative estimate of drug-likeness (QED) is 0.794. The number of hydrogen-bond acceptors (Lipinski definition) is 1. The van der Waals surface area contributed by atoms with E-state index in [2.05, 4.69) is 40.1 Å². The summed E-state index contributed by atoms with van der Waals surface area (Å²) >= 11 is 0. The van der Waals surface area contributed by atoms with Gasteiger partial charge in [0.1, 0.15) is 12.3 Å². The van der Waals surface area contributed by atoms with E-state index < -0.39 is 0 Å². The second-order valence-corrected chi connectivity index (χ2v) is 6.50. The fourth-order valence-electron chi connectivity index (χ4n) is 3.31. The lowest BCUT2D eigenvalue weighted by Gasteiger charge is -2.31. The van der Waals surface area contributed by atoms with Crippen molar-refractivity contribution in [3.05, 3.63) is 28.8 Å². The van der Waals surface area contributed by atoms with E-state index in [9.17, 15) is 0 Å². The van der Waals surface area contributed by atoms with E-state index >= 15 is 0 Å². The van der Waals surface area contributed by atoms with Crippen LogP contribution in [0, 0.1) is 13.8 Å². The lowest BCUT2D eigenvalue weighted by molar-refractivity contribution is -0.948. The molecule has 3 nitrogen and oxygen atoms in total. The first-order chi connectivity index (χ1) is 9.51.